The standard InChI is InChI=1S/C31H20N4O2/c1-34-30(36)25-9-4-10-26(27(25)31(34)37)35-28-21(19-11-15-32-16-12-19)5-2-7-23(28)24-8-3-6-22(29(24)35)20-13-17-33-18-14-20/h2-18H,1H3. The molecule has 3 aromatic carbocycles. The summed E-state index contributed by atoms with van der Waals surface area (Å²) in [5.74, 6) is -0.584. The minimum atomic E-state index is -0.298. The third kappa shape index (κ3) is 2.99. The predicted molar refractivity (Wildman–Crippen MR) is 144 cm³/mol. The molecule has 0 N–H and O–H groups in total. The van der Waals surface area contributed by atoms with Crippen LogP contribution in [0.5, 0.6) is 0 Å². The lowest BCUT2D eigenvalue weighted by Crippen LogP contribution is -2.24. The molecule has 1 aliphatic rings. The number of aromatic nitrogens is 3. The van der Waals surface area contributed by atoms with Crippen LogP contribution >= 0.6 is 0 Å². The molecule has 2 amide bonds. The molecular formula is C31H20N4O2. The molecule has 6 nitrogen and oxygen atoms in total. The zero-order chi connectivity index (χ0) is 25.1. The Morgan fingerprint density at radius 1 is 0.568 bits per heavy atom. The zero-order valence-electron chi connectivity index (χ0n) is 19.9. The topological polar surface area (TPSA) is 68.1 Å². The van der Waals surface area contributed by atoms with Gasteiger partial charge in [-0.2, -0.15) is 0 Å². The summed E-state index contributed by atoms with van der Waals surface area (Å²) in [5.41, 5.74) is 7.51. The van der Waals surface area contributed by atoms with Crippen molar-refractivity contribution in [1.29, 1.82) is 0 Å². The first-order valence-electron chi connectivity index (χ1n) is 12.0. The maximum atomic E-state index is 13.4. The van der Waals surface area contributed by atoms with Crippen molar-refractivity contribution >= 4 is 33.6 Å². The van der Waals surface area contributed by atoms with Crippen LogP contribution in [-0.2, 0) is 0 Å². The molecule has 7 rings (SSSR count). The summed E-state index contributed by atoms with van der Waals surface area (Å²) < 4.78 is 2.15. The number of hydrogen-bond acceptors (Lipinski definition) is 4. The average molecular weight is 481 g/mol. The van der Waals surface area contributed by atoms with Crippen molar-refractivity contribution in [3.8, 4) is 27.9 Å². The smallest absolute Gasteiger partial charge is 0.263 e. The lowest BCUT2D eigenvalue weighted by atomic mass is 10.0. The van der Waals surface area contributed by atoms with Gasteiger partial charge in [0.1, 0.15) is 0 Å². The molecule has 0 saturated heterocycles. The zero-order valence-corrected chi connectivity index (χ0v) is 19.9. The van der Waals surface area contributed by atoms with Crippen molar-refractivity contribution in [1.82, 2.24) is 19.4 Å². The van der Waals surface area contributed by atoms with E-state index in [9.17, 15) is 9.59 Å². The number of amides is 2. The van der Waals surface area contributed by atoms with E-state index >= 15 is 0 Å². The summed E-state index contributed by atoms with van der Waals surface area (Å²) in [6, 6.07) is 25.9. The fraction of sp³-hybridized carbons (Fsp3) is 0.0323. The number of hydrogen-bond donors (Lipinski definition) is 0. The fourth-order valence-electron chi connectivity index (χ4n) is 5.46. The van der Waals surface area contributed by atoms with E-state index < -0.39 is 0 Å². The molecule has 176 valence electrons. The largest absolute Gasteiger partial charge is 0.307 e. The Kier molecular flexibility index (Phi) is 4.56. The van der Waals surface area contributed by atoms with Crippen molar-refractivity contribution in [3.63, 3.8) is 0 Å². The summed E-state index contributed by atoms with van der Waals surface area (Å²) in [7, 11) is 1.53. The monoisotopic (exact) mass is 480 g/mol. The third-order valence-electron chi connectivity index (χ3n) is 7.13. The lowest BCUT2D eigenvalue weighted by Gasteiger charge is -2.16. The number of rotatable bonds is 3. The van der Waals surface area contributed by atoms with E-state index in [4.69, 9.17) is 0 Å². The van der Waals surface area contributed by atoms with Gasteiger partial charge >= 0.3 is 0 Å². The van der Waals surface area contributed by atoms with Crippen LogP contribution in [0.4, 0.5) is 0 Å². The van der Waals surface area contributed by atoms with Crippen LogP contribution in [-0.4, -0.2) is 38.3 Å². The number of carbonyl (C=O) groups is 2. The van der Waals surface area contributed by atoms with Gasteiger partial charge in [-0.05, 0) is 47.5 Å². The third-order valence-corrected chi connectivity index (χ3v) is 7.13. The van der Waals surface area contributed by atoms with E-state index in [-0.39, 0.29) is 11.8 Å². The fourth-order valence-corrected chi connectivity index (χ4v) is 5.46. The van der Waals surface area contributed by atoms with Crippen molar-refractivity contribution in [2.45, 2.75) is 0 Å². The molecule has 0 saturated carbocycles. The number of para-hydroxylation sites is 2. The summed E-state index contributed by atoms with van der Waals surface area (Å²) in [4.78, 5) is 35.9. The van der Waals surface area contributed by atoms with Crippen LogP contribution in [0.25, 0.3) is 49.7 Å². The number of benzene rings is 3. The number of pyridine rings is 2. The van der Waals surface area contributed by atoms with Gasteiger partial charge in [0.2, 0.25) is 0 Å². The van der Waals surface area contributed by atoms with Gasteiger partial charge in [0.15, 0.2) is 0 Å². The Morgan fingerprint density at radius 3 is 1.59 bits per heavy atom. The van der Waals surface area contributed by atoms with E-state index in [1.165, 1.54) is 11.9 Å². The number of nitrogens with zero attached hydrogens (tertiary/aromatic N) is 4. The summed E-state index contributed by atoms with van der Waals surface area (Å²) in [5, 5.41) is 2.12. The van der Waals surface area contributed by atoms with Crippen LogP contribution in [0.2, 0.25) is 0 Å². The Labute approximate surface area is 212 Å². The van der Waals surface area contributed by atoms with Gasteiger partial charge in [0.05, 0.1) is 27.8 Å². The molecule has 0 fully saturated rings. The summed E-state index contributed by atoms with van der Waals surface area (Å²) in [6.45, 7) is 0. The highest BCUT2D eigenvalue weighted by Crippen LogP contribution is 2.43. The predicted octanol–water partition coefficient (Wildman–Crippen LogP) is 6.13. The van der Waals surface area contributed by atoms with E-state index in [0.29, 0.717) is 16.8 Å². The Balaban J connectivity index is 1.71. The molecule has 4 heterocycles. The Bertz CT molecular complexity index is 1780. The number of fused-ring (bicyclic) bond motifs is 4. The van der Waals surface area contributed by atoms with Gasteiger partial charge in [-0.15, -0.1) is 0 Å². The van der Waals surface area contributed by atoms with Gasteiger partial charge < -0.3 is 4.57 Å². The molecule has 3 aromatic heterocycles. The van der Waals surface area contributed by atoms with Gasteiger partial charge in [-0.25, -0.2) is 0 Å². The highest BCUT2D eigenvalue weighted by atomic mass is 16.2. The molecule has 0 atom stereocenters. The summed E-state index contributed by atoms with van der Waals surface area (Å²) >= 11 is 0. The molecule has 0 bridgehead atoms. The number of carbonyl (C=O) groups excluding carboxylic acids is 2. The maximum Gasteiger partial charge on any atom is 0.263 e. The van der Waals surface area contributed by atoms with E-state index in [0.717, 1.165) is 44.1 Å². The van der Waals surface area contributed by atoms with Crippen LogP contribution in [0, 0.1) is 0 Å². The molecular weight excluding hydrogens is 460 g/mol. The molecule has 0 aliphatic carbocycles. The normalized spacial score (nSPS) is 13.1. The number of imide groups is 1. The molecule has 0 spiro atoms. The second kappa shape index (κ2) is 7.96. The van der Waals surface area contributed by atoms with E-state index in [1.54, 1.807) is 30.9 Å². The van der Waals surface area contributed by atoms with Gasteiger partial charge in [0.25, 0.3) is 11.8 Å². The molecule has 6 heteroatoms. The first-order chi connectivity index (χ1) is 18.1. The molecule has 6 aromatic rings. The van der Waals surface area contributed by atoms with E-state index in [1.807, 2.05) is 36.4 Å². The van der Waals surface area contributed by atoms with Crippen molar-refractivity contribution < 1.29 is 9.59 Å². The van der Waals surface area contributed by atoms with Crippen molar-refractivity contribution in [2.75, 3.05) is 7.05 Å². The van der Waals surface area contributed by atoms with Gasteiger partial charge in [0, 0.05) is 53.7 Å². The minimum absolute atomic E-state index is 0.286. The lowest BCUT2D eigenvalue weighted by molar-refractivity contribution is 0.0693. The maximum absolute atomic E-state index is 13.4. The van der Waals surface area contributed by atoms with Crippen LogP contribution in [0.1, 0.15) is 20.7 Å². The molecule has 37 heavy (non-hydrogen) atoms. The average Bonchev–Trinajstić information content (AvgIpc) is 3.41. The second-order valence-electron chi connectivity index (χ2n) is 9.08. The second-order valence-corrected chi connectivity index (χ2v) is 9.08. The van der Waals surface area contributed by atoms with Crippen molar-refractivity contribution in [3.05, 3.63) is 115 Å². The Morgan fingerprint density at radius 2 is 1.05 bits per heavy atom. The molecule has 0 unspecified atom stereocenters. The Hall–Kier alpha value is -5.10. The first kappa shape index (κ1) is 21.2. The van der Waals surface area contributed by atoms with E-state index in [2.05, 4.69) is 50.9 Å². The van der Waals surface area contributed by atoms with Gasteiger partial charge in [-0.1, -0.05) is 42.5 Å². The van der Waals surface area contributed by atoms with Gasteiger partial charge in [-0.3, -0.25) is 24.5 Å². The quantitative estimate of drug-likeness (QED) is 0.286. The van der Waals surface area contributed by atoms with Crippen molar-refractivity contribution in [2.24, 2.45) is 0 Å². The highest BCUT2D eigenvalue weighted by Gasteiger charge is 2.36. The van der Waals surface area contributed by atoms with Crippen LogP contribution in [0.15, 0.2) is 104 Å². The summed E-state index contributed by atoms with van der Waals surface area (Å²) in [6.07, 6.45) is 7.11. The SMILES string of the molecule is CN1C(=O)c2cccc(-n3c4c(-c5ccncc5)cccc4c4cccc(-c5ccncc5)c43)c2C1=O. The molecule has 0 radical (unpaired) electrons. The highest BCUT2D eigenvalue weighted by molar-refractivity contribution is 6.24. The molecule has 1 aliphatic heterocycles. The van der Waals surface area contributed by atoms with Crippen LogP contribution < -0.4 is 0 Å². The first-order valence-corrected chi connectivity index (χ1v) is 12.0. The minimum Gasteiger partial charge on any atom is -0.307 e. The van der Waals surface area contributed by atoms with Crippen LogP contribution in [0.3, 0.4) is 0 Å².